The molecule has 16 heavy (non-hydrogen) atoms. The van der Waals surface area contributed by atoms with Crippen molar-refractivity contribution in [1.29, 1.82) is 0 Å². The Morgan fingerprint density at radius 1 is 1.50 bits per heavy atom. The summed E-state index contributed by atoms with van der Waals surface area (Å²) in [5.74, 6) is 1.29. The lowest BCUT2D eigenvalue weighted by atomic mass is 9.90. The molecule has 0 aliphatic carbocycles. The topological polar surface area (TPSA) is 55.5 Å². The van der Waals surface area contributed by atoms with Gasteiger partial charge in [-0.2, -0.15) is 0 Å². The molecule has 3 heteroatoms. The molecule has 1 aromatic carbocycles. The fraction of sp³-hybridized carbons (Fsp3) is 0.538. The van der Waals surface area contributed by atoms with Crippen molar-refractivity contribution in [1.82, 2.24) is 0 Å². The van der Waals surface area contributed by atoms with Gasteiger partial charge in [0.2, 0.25) is 0 Å². The highest BCUT2D eigenvalue weighted by Gasteiger charge is 2.24. The summed E-state index contributed by atoms with van der Waals surface area (Å²) >= 11 is 0. The van der Waals surface area contributed by atoms with Crippen molar-refractivity contribution in [3.05, 3.63) is 22.8 Å². The van der Waals surface area contributed by atoms with Crippen LogP contribution in [0.4, 0.5) is 0 Å². The second-order valence-corrected chi connectivity index (χ2v) is 5.26. The van der Waals surface area contributed by atoms with Crippen molar-refractivity contribution in [2.24, 2.45) is 5.73 Å². The third kappa shape index (κ3) is 2.00. The molecule has 0 fully saturated rings. The second-order valence-electron chi connectivity index (χ2n) is 5.26. The molecule has 0 amide bonds. The second kappa shape index (κ2) is 3.67. The van der Waals surface area contributed by atoms with E-state index >= 15 is 0 Å². The number of ether oxygens (including phenoxy) is 1. The zero-order valence-electron chi connectivity index (χ0n) is 10.1. The van der Waals surface area contributed by atoms with Gasteiger partial charge in [0, 0.05) is 23.1 Å². The molecule has 1 aromatic rings. The van der Waals surface area contributed by atoms with E-state index in [1.54, 1.807) is 0 Å². The Morgan fingerprint density at radius 3 is 2.81 bits per heavy atom. The molecule has 0 bridgehead atoms. The molecule has 0 aromatic heterocycles. The molecule has 0 spiro atoms. The molecule has 0 atom stereocenters. The summed E-state index contributed by atoms with van der Waals surface area (Å²) in [7, 11) is 0. The summed E-state index contributed by atoms with van der Waals surface area (Å²) < 4.78 is 5.54. The maximum atomic E-state index is 10.1. The van der Waals surface area contributed by atoms with Crippen molar-refractivity contribution >= 4 is 0 Å². The normalized spacial score (nSPS) is 14.8. The smallest absolute Gasteiger partial charge is 0.123 e. The van der Waals surface area contributed by atoms with Crippen LogP contribution >= 0.6 is 0 Å². The first-order chi connectivity index (χ1) is 7.38. The minimum atomic E-state index is -0.318. The maximum absolute atomic E-state index is 10.1. The Kier molecular flexibility index (Phi) is 2.58. The first-order valence-electron chi connectivity index (χ1n) is 5.64. The van der Waals surface area contributed by atoms with E-state index in [0.717, 1.165) is 28.9 Å². The van der Waals surface area contributed by atoms with E-state index in [4.69, 9.17) is 10.5 Å². The van der Waals surface area contributed by atoms with Gasteiger partial charge in [-0.3, -0.25) is 0 Å². The van der Waals surface area contributed by atoms with E-state index in [2.05, 4.69) is 0 Å². The highest BCUT2D eigenvalue weighted by atomic mass is 16.5. The fourth-order valence-electron chi connectivity index (χ4n) is 2.19. The third-order valence-electron chi connectivity index (χ3n) is 2.91. The van der Waals surface area contributed by atoms with E-state index in [1.807, 2.05) is 26.8 Å². The Morgan fingerprint density at radius 2 is 2.19 bits per heavy atom. The fourth-order valence-corrected chi connectivity index (χ4v) is 2.19. The molecular formula is C13H19NO2. The third-order valence-corrected chi connectivity index (χ3v) is 2.91. The molecule has 0 radical (unpaired) electrons. The number of rotatable bonds is 2. The number of phenols is 1. The largest absolute Gasteiger partial charge is 0.507 e. The van der Waals surface area contributed by atoms with E-state index in [9.17, 15) is 5.11 Å². The van der Waals surface area contributed by atoms with Gasteiger partial charge >= 0.3 is 0 Å². The van der Waals surface area contributed by atoms with Crippen LogP contribution in [0.1, 0.15) is 30.5 Å². The summed E-state index contributed by atoms with van der Waals surface area (Å²) in [5, 5.41) is 10.1. The molecular weight excluding hydrogens is 202 g/mol. The Bertz CT molecular complexity index is 419. The van der Waals surface area contributed by atoms with Gasteiger partial charge in [0.1, 0.15) is 11.5 Å². The van der Waals surface area contributed by atoms with Crippen LogP contribution < -0.4 is 10.5 Å². The average molecular weight is 221 g/mol. The average Bonchev–Trinajstić information content (AvgIpc) is 2.58. The number of aromatic hydroxyl groups is 1. The van der Waals surface area contributed by atoms with Crippen LogP contribution in [-0.4, -0.2) is 17.3 Å². The SMILES string of the molecule is Cc1cc2c(c(CC(C)(C)N)c1O)CCO2. The number of hydrogen-bond donors (Lipinski definition) is 2. The number of hydrogen-bond acceptors (Lipinski definition) is 3. The van der Waals surface area contributed by atoms with Gasteiger partial charge in [-0.15, -0.1) is 0 Å². The van der Waals surface area contributed by atoms with Crippen LogP contribution in [-0.2, 0) is 12.8 Å². The molecule has 0 unspecified atom stereocenters. The summed E-state index contributed by atoms with van der Waals surface area (Å²) in [6.07, 6.45) is 1.54. The van der Waals surface area contributed by atoms with Gasteiger partial charge in [0.15, 0.2) is 0 Å². The molecule has 1 heterocycles. The lowest BCUT2D eigenvalue weighted by molar-refractivity contribution is 0.356. The highest BCUT2D eigenvalue weighted by Crippen LogP contribution is 2.38. The van der Waals surface area contributed by atoms with Crippen molar-refractivity contribution < 1.29 is 9.84 Å². The minimum Gasteiger partial charge on any atom is -0.507 e. The summed E-state index contributed by atoms with van der Waals surface area (Å²) in [6, 6.07) is 1.91. The van der Waals surface area contributed by atoms with Gasteiger partial charge in [0.25, 0.3) is 0 Å². The predicted octanol–water partition coefficient (Wildman–Crippen LogP) is 1.92. The molecule has 0 saturated carbocycles. The molecule has 88 valence electrons. The van der Waals surface area contributed by atoms with E-state index in [1.165, 1.54) is 0 Å². The maximum Gasteiger partial charge on any atom is 0.123 e. The van der Waals surface area contributed by atoms with Gasteiger partial charge in [-0.05, 0) is 38.8 Å². The van der Waals surface area contributed by atoms with Crippen LogP contribution in [0.5, 0.6) is 11.5 Å². The monoisotopic (exact) mass is 221 g/mol. The van der Waals surface area contributed by atoms with E-state index < -0.39 is 0 Å². The quantitative estimate of drug-likeness (QED) is 0.802. The standard InChI is InChI=1S/C13H19NO2/c1-8-6-11-9(4-5-16-11)10(12(8)15)7-13(2,3)14/h6,15H,4-5,7,14H2,1-3H3. The van der Waals surface area contributed by atoms with Gasteiger partial charge in [-0.1, -0.05) is 0 Å². The summed E-state index contributed by atoms with van der Waals surface area (Å²) in [5.41, 5.74) is 8.66. The zero-order chi connectivity index (χ0) is 11.9. The molecule has 0 saturated heterocycles. The number of fused-ring (bicyclic) bond motifs is 1. The summed E-state index contributed by atoms with van der Waals surface area (Å²) in [4.78, 5) is 0. The van der Waals surface area contributed by atoms with E-state index in [0.29, 0.717) is 18.8 Å². The van der Waals surface area contributed by atoms with Crippen LogP contribution in [0.2, 0.25) is 0 Å². The Balaban J connectivity index is 2.50. The molecule has 3 nitrogen and oxygen atoms in total. The number of benzene rings is 1. The molecule has 1 aliphatic rings. The number of aryl methyl sites for hydroxylation is 1. The molecule has 3 N–H and O–H groups in total. The van der Waals surface area contributed by atoms with Crippen LogP contribution in [0.15, 0.2) is 6.07 Å². The van der Waals surface area contributed by atoms with Gasteiger partial charge < -0.3 is 15.6 Å². The first kappa shape index (κ1) is 11.3. The zero-order valence-corrected chi connectivity index (χ0v) is 10.1. The number of nitrogens with two attached hydrogens (primary N) is 1. The van der Waals surface area contributed by atoms with E-state index in [-0.39, 0.29) is 5.54 Å². The lowest BCUT2D eigenvalue weighted by Crippen LogP contribution is -2.34. The van der Waals surface area contributed by atoms with Crippen LogP contribution in [0.25, 0.3) is 0 Å². The predicted molar refractivity (Wildman–Crippen MR) is 64.0 cm³/mol. The van der Waals surface area contributed by atoms with Crippen LogP contribution in [0.3, 0.4) is 0 Å². The van der Waals surface area contributed by atoms with Gasteiger partial charge in [-0.25, -0.2) is 0 Å². The molecule has 1 aliphatic heterocycles. The lowest BCUT2D eigenvalue weighted by Gasteiger charge is -2.21. The highest BCUT2D eigenvalue weighted by molar-refractivity contribution is 5.54. The molecule has 2 rings (SSSR count). The number of phenolic OH excluding ortho intramolecular Hbond substituents is 1. The van der Waals surface area contributed by atoms with Crippen molar-refractivity contribution in [3.63, 3.8) is 0 Å². The minimum absolute atomic E-state index is 0.318. The summed E-state index contributed by atoms with van der Waals surface area (Å²) in [6.45, 7) is 6.54. The van der Waals surface area contributed by atoms with Crippen LogP contribution in [0, 0.1) is 6.92 Å². The van der Waals surface area contributed by atoms with Crippen molar-refractivity contribution in [2.75, 3.05) is 6.61 Å². The van der Waals surface area contributed by atoms with Crippen molar-refractivity contribution in [3.8, 4) is 11.5 Å². The van der Waals surface area contributed by atoms with Gasteiger partial charge in [0.05, 0.1) is 6.61 Å². The first-order valence-corrected chi connectivity index (χ1v) is 5.64. The Hall–Kier alpha value is -1.22. The van der Waals surface area contributed by atoms with Crippen molar-refractivity contribution in [2.45, 2.75) is 39.2 Å². The Labute approximate surface area is 96.2 Å².